The van der Waals surface area contributed by atoms with E-state index in [0.717, 1.165) is 22.5 Å². The number of rotatable bonds is 2. The first-order valence-electron chi connectivity index (χ1n) is 7.00. The third kappa shape index (κ3) is 3.05. The van der Waals surface area contributed by atoms with Crippen LogP contribution < -0.4 is 10.2 Å². The van der Waals surface area contributed by atoms with Crippen molar-refractivity contribution >= 4 is 34.2 Å². The van der Waals surface area contributed by atoms with Gasteiger partial charge in [0, 0.05) is 11.3 Å². The minimum absolute atomic E-state index is 0.0211. The summed E-state index contributed by atoms with van der Waals surface area (Å²) in [6.07, 6.45) is 3.70. The van der Waals surface area contributed by atoms with Gasteiger partial charge in [0.25, 0.3) is 5.91 Å². The van der Waals surface area contributed by atoms with Gasteiger partial charge in [-0.1, -0.05) is 30.0 Å². The summed E-state index contributed by atoms with van der Waals surface area (Å²) in [6, 6.07) is 15.1. The number of anilines is 1. The average molecular weight is 322 g/mol. The number of aliphatic imine (C=N–C) groups is 1. The van der Waals surface area contributed by atoms with Crippen LogP contribution in [0.25, 0.3) is 0 Å². The quantitative estimate of drug-likeness (QED) is 0.399. The SMILES string of the molecule is CSC(=Nc1ccc(N2Cc3ccccc3C2=O)cc1)NC#N. The number of amides is 1. The van der Waals surface area contributed by atoms with Crippen molar-refractivity contribution in [2.45, 2.75) is 6.54 Å². The lowest BCUT2D eigenvalue weighted by Gasteiger charge is -2.15. The normalized spacial score (nSPS) is 13.7. The highest BCUT2D eigenvalue weighted by atomic mass is 32.2. The van der Waals surface area contributed by atoms with Gasteiger partial charge in [0.2, 0.25) is 0 Å². The molecular formula is C17H14N4OS. The summed E-state index contributed by atoms with van der Waals surface area (Å²) in [4.78, 5) is 18.5. The molecule has 1 N–H and O–H groups in total. The number of hydrogen-bond donors (Lipinski definition) is 1. The highest BCUT2D eigenvalue weighted by Crippen LogP contribution is 2.29. The largest absolute Gasteiger partial charge is 0.304 e. The molecule has 0 saturated carbocycles. The Kier molecular flexibility index (Phi) is 4.31. The fraction of sp³-hybridized carbons (Fsp3) is 0.118. The van der Waals surface area contributed by atoms with Crippen molar-refractivity contribution in [1.29, 1.82) is 5.26 Å². The maximum atomic E-state index is 12.4. The number of hydrogen-bond acceptors (Lipinski definition) is 4. The van der Waals surface area contributed by atoms with E-state index in [4.69, 9.17) is 5.26 Å². The van der Waals surface area contributed by atoms with Crippen LogP contribution in [0.5, 0.6) is 0 Å². The molecular weight excluding hydrogens is 308 g/mol. The van der Waals surface area contributed by atoms with Gasteiger partial charge in [-0.25, -0.2) is 4.99 Å². The fourth-order valence-corrected chi connectivity index (χ4v) is 2.80. The molecule has 5 nitrogen and oxygen atoms in total. The first-order chi connectivity index (χ1) is 11.2. The van der Waals surface area contributed by atoms with Gasteiger partial charge in [0.15, 0.2) is 11.4 Å². The summed E-state index contributed by atoms with van der Waals surface area (Å²) in [5.74, 6) is 0.0211. The van der Waals surface area contributed by atoms with E-state index in [-0.39, 0.29) is 5.91 Å². The van der Waals surface area contributed by atoms with Crippen LogP contribution in [-0.2, 0) is 6.54 Å². The molecule has 6 heteroatoms. The molecule has 0 aromatic heterocycles. The summed E-state index contributed by atoms with van der Waals surface area (Å²) < 4.78 is 0. The molecule has 1 aliphatic rings. The molecule has 3 rings (SSSR count). The zero-order chi connectivity index (χ0) is 16.2. The lowest BCUT2D eigenvalue weighted by molar-refractivity contribution is 0.0996. The van der Waals surface area contributed by atoms with Gasteiger partial charge in [-0.3, -0.25) is 10.1 Å². The van der Waals surface area contributed by atoms with Crippen LogP contribution in [0.4, 0.5) is 11.4 Å². The van der Waals surface area contributed by atoms with Gasteiger partial charge in [0.1, 0.15) is 0 Å². The van der Waals surface area contributed by atoms with E-state index in [1.54, 1.807) is 4.90 Å². The predicted molar refractivity (Wildman–Crippen MR) is 92.8 cm³/mol. The number of carbonyl (C=O) groups excluding carboxylic acids is 1. The molecule has 1 heterocycles. The average Bonchev–Trinajstić information content (AvgIpc) is 2.92. The number of fused-ring (bicyclic) bond motifs is 1. The first-order valence-corrected chi connectivity index (χ1v) is 8.23. The van der Waals surface area contributed by atoms with Gasteiger partial charge in [-0.15, -0.1) is 0 Å². The molecule has 0 spiro atoms. The van der Waals surface area contributed by atoms with Crippen LogP contribution in [0, 0.1) is 11.5 Å². The van der Waals surface area contributed by atoms with Crippen LogP contribution in [-0.4, -0.2) is 17.3 Å². The van der Waals surface area contributed by atoms with E-state index >= 15 is 0 Å². The summed E-state index contributed by atoms with van der Waals surface area (Å²) in [5.41, 5.74) is 3.37. The number of amidine groups is 1. The van der Waals surface area contributed by atoms with Crippen molar-refractivity contribution in [2.24, 2.45) is 4.99 Å². The smallest absolute Gasteiger partial charge is 0.258 e. The molecule has 0 radical (unpaired) electrons. The Hall–Kier alpha value is -2.78. The molecule has 0 saturated heterocycles. The second-order valence-electron chi connectivity index (χ2n) is 4.92. The summed E-state index contributed by atoms with van der Waals surface area (Å²) in [5, 5.41) is 11.7. The number of nitriles is 1. The van der Waals surface area contributed by atoms with E-state index in [1.807, 2.05) is 61.0 Å². The molecule has 0 atom stereocenters. The van der Waals surface area contributed by atoms with Gasteiger partial charge in [-0.05, 0) is 42.2 Å². The minimum Gasteiger partial charge on any atom is -0.304 e. The predicted octanol–water partition coefficient (Wildman–Crippen LogP) is 3.27. The van der Waals surface area contributed by atoms with Crippen molar-refractivity contribution in [3.8, 4) is 6.19 Å². The highest BCUT2D eigenvalue weighted by molar-refractivity contribution is 8.13. The van der Waals surface area contributed by atoms with E-state index in [0.29, 0.717) is 11.7 Å². The number of nitrogens with zero attached hydrogens (tertiary/aromatic N) is 3. The zero-order valence-electron chi connectivity index (χ0n) is 12.5. The molecule has 23 heavy (non-hydrogen) atoms. The molecule has 2 aromatic rings. The Bertz CT molecular complexity index is 808. The van der Waals surface area contributed by atoms with E-state index in [9.17, 15) is 4.79 Å². The molecule has 0 fully saturated rings. The van der Waals surface area contributed by atoms with Gasteiger partial charge < -0.3 is 4.90 Å². The van der Waals surface area contributed by atoms with E-state index < -0.39 is 0 Å². The van der Waals surface area contributed by atoms with E-state index in [1.165, 1.54) is 11.8 Å². The van der Waals surface area contributed by atoms with Crippen LogP contribution in [0.2, 0.25) is 0 Å². The van der Waals surface area contributed by atoms with Crippen molar-refractivity contribution in [3.05, 3.63) is 59.7 Å². The molecule has 114 valence electrons. The summed E-state index contributed by atoms with van der Waals surface area (Å²) in [7, 11) is 0. The third-order valence-corrected chi connectivity index (χ3v) is 4.15. The summed E-state index contributed by atoms with van der Waals surface area (Å²) >= 11 is 1.36. The molecule has 0 bridgehead atoms. The Balaban J connectivity index is 1.82. The van der Waals surface area contributed by atoms with Crippen LogP contribution >= 0.6 is 11.8 Å². The Morgan fingerprint density at radius 2 is 2.00 bits per heavy atom. The maximum Gasteiger partial charge on any atom is 0.258 e. The number of carbonyl (C=O) groups is 1. The summed E-state index contributed by atoms with van der Waals surface area (Å²) in [6.45, 7) is 0.587. The van der Waals surface area contributed by atoms with Crippen molar-refractivity contribution in [3.63, 3.8) is 0 Å². The molecule has 1 amide bonds. The van der Waals surface area contributed by atoms with Crippen molar-refractivity contribution in [1.82, 2.24) is 5.32 Å². The second kappa shape index (κ2) is 6.55. The van der Waals surface area contributed by atoms with Crippen LogP contribution in [0.3, 0.4) is 0 Å². The fourth-order valence-electron chi connectivity index (χ4n) is 2.46. The van der Waals surface area contributed by atoms with Crippen molar-refractivity contribution in [2.75, 3.05) is 11.2 Å². The van der Waals surface area contributed by atoms with Gasteiger partial charge in [0.05, 0.1) is 12.2 Å². The highest BCUT2D eigenvalue weighted by Gasteiger charge is 2.27. The second-order valence-corrected chi connectivity index (χ2v) is 5.72. The van der Waals surface area contributed by atoms with Crippen molar-refractivity contribution < 1.29 is 4.79 Å². The number of benzene rings is 2. The number of thioether (sulfide) groups is 1. The van der Waals surface area contributed by atoms with Crippen LogP contribution in [0.1, 0.15) is 15.9 Å². The Morgan fingerprint density at radius 1 is 1.26 bits per heavy atom. The monoisotopic (exact) mass is 322 g/mol. The lowest BCUT2D eigenvalue weighted by Crippen LogP contribution is -2.22. The van der Waals surface area contributed by atoms with E-state index in [2.05, 4.69) is 10.3 Å². The zero-order valence-corrected chi connectivity index (χ0v) is 13.3. The van der Waals surface area contributed by atoms with Gasteiger partial charge in [-0.2, -0.15) is 5.26 Å². The van der Waals surface area contributed by atoms with Gasteiger partial charge >= 0.3 is 0 Å². The molecule has 2 aromatic carbocycles. The molecule has 1 aliphatic heterocycles. The lowest BCUT2D eigenvalue weighted by atomic mass is 10.1. The minimum atomic E-state index is 0.0211. The number of nitrogens with one attached hydrogen (secondary N) is 1. The first kappa shape index (κ1) is 15.1. The standard InChI is InChI=1S/C17H14N4OS/c1-23-17(19-11-18)20-13-6-8-14(9-7-13)21-10-12-4-2-3-5-15(12)16(21)22/h2-9H,10H2,1H3,(H,19,20). The maximum absolute atomic E-state index is 12.4. The molecule has 0 aliphatic carbocycles. The Labute approximate surface area is 138 Å². The topological polar surface area (TPSA) is 68.5 Å². The molecule has 0 unspecified atom stereocenters. The van der Waals surface area contributed by atoms with Crippen LogP contribution in [0.15, 0.2) is 53.5 Å². The Morgan fingerprint density at radius 3 is 2.65 bits per heavy atom. The third-order valence-electron chi connectivity index (χ3n) is 3.57.